The monoisotopic (exact) mass is 522 g/mol. The Morgan fingerprint density at radius 2 is 1.86 bits per heavy atom. The van der Waals surface area contributed by atoms with Gasteiger partial charge in [-0.1, -0.05) is 35.9 Å². The highest BCUT2D eigenvalue weighted by Crippen LogP contribution is 2.18. The molecule has 194 valence electrons. The van der Waals surface area contributed by atoms with Crippen LogP contribution in [-0.4, -0.2) is 66.1 Å². The van der Waals surface area contributed by atoms with E-state index in [0.29, 0.717) is 35.2 Å². The minimum Gasteiger partial charge on any atom is -0.397 e. The first-order chi connectivity index (χ1) is 18.0. The normalized spacial score (nSPS) is 13.6. The molecule has 9 nitrogen and oxygen atoms in total. The van der Waals surface area contributed by atoms with Gasteiger partial charge in [0, 0.05) is 49.6 Å². The van der Waals surface area contributed by atoms with Crippen molar-refractivity contribution in [3.05, 3.63) is 83.1 Å². The molecule has 0 spiro atoms. The largest absolute Gasteiger partial charge is 0.397 e. The van der Waals surface area contributed by atoms with Crippen molar-refractivity contribution in [1.29, 1.82) is 0 Å². The van der Waals surface area contributed by atoms with Crippen molar-refractivity contribution in [3.63, 3.8) is 0 Å². The number of urea groups is 1. The average Bonchev–Trinajstić information content (AvgIpc) is 2.90. The van der Waals surface area contributed by atoms with E-state index in [-0.39, 0.29) is 17.6 Å². The van der Waals surface area contributed by atoms with Gasteiger partial charge < -0.3 is 26.0 Å². The van der Waals surface area contributed by atoms with E-state index in [4.69, 9.17) is 22.1 Å². The first-order valence-electron chi connectivity index (χ1n) is 12.2. The molecule has 1 aliphatic heterocycles. The number of aromatic nitrogens is 1. The van der Waals surface area contributed by atoms with Gasteiger partial charge in [-0.15, -0.1) is 0 Å². The first-order valence-corrected chi connectivity index (χ1v) is 12.6. The van der Waals surface area contributed by atoms with Crippen LogP contribution in [0.1, 0.15) is 22.5 Å². The number of hydrogen-bond donors (Lipinski definition) is 3. The van der Waals surface area contributed by atoms with Crippen molar-refractivity contribution in [3.8, 4) is 0 Å². The van der Waals surface area contributed by atoms with E-state index in [1.807, 2.05) is 0 Å². The van der Waals surface area contributed by atoms with Gasteiger partial charge in [-0.25, -0.2) is 4.79 Å². The summed E-state index contributed by atoms with van der Waals surface area (Å²) >= 11 is 6.08. The van der Waals surface area contributed by atoms with E-state index in [9.17, 15) is 9.59 Å². The summed E-state index contributed by atoms with van der Waals surface area (Å²) in [6, 6.07) is 17.3. The predicted octanol–water partition coefficient (Wildman–Crippen LogP) is 4.33. The summed E-state index contributed by atoms with van der Waals surface area (Å²) in [5, 5.41) is 6.24. The number of hydrogen-bond acceptors (Lipinski definition) is 6. The number of para-hydroxylation sites is 2. The third-order valence-electron chi connectivity index (χ3n) is 6.01. The molecule has 37 heavy (non-hydrogen) atoms. The fourth-order valence-electron chi connectivity index (χ4n) is 4.00. The Bertz CT molecular complexity index is 1200. The van der Waals surface area contributed by atoms with E-state index in [1.54, 1.807) is 71.8 Å². The Balaban J connectivity index is 1.40. The molecule has 3 aromatic rings. The zero-order valence-corrected chi connectivity index (χ0v) is 21.3. The van der Waals surface area contributed by atoms with E-state index < -0.39 is 0 Å². The molecule has 4 N–H and O–H groups in total. The number of halogens is 1. The fourth-order valence-corrected chi connectivity index (χ4v) is 4.19. The van der Waals surface area contributed by atoms with Crippen LogP contribution in [-0.2, 0) is 11.3 Å². The molecule has 1 saturated heterocycles. The number of nitrogen functional groups attached to an aromatic ring is 1. The summed E-state index contributed by atoms with van der Waals surface area (Å²) in [6.45, 7) is 5.05. The molecular weight excluding hydrogens is 492 g/mol. The molecule has 0 bridgehead atoms. The van der Waals surface area contributed by atoms with Gasteiger partial charge >= 0.3 is 6.03 Å². The molecule has 0 aliphatic carbocycles. The maximum Gasteiger partial charge on any atom is 0.322 e. The summed E-state index contributed by atoms with van der Waals surface area (Å²) in [6.07, 6.45) is 2.43. The van der Waals surface area contributed by atoms with Gasteiger partial charge in [-0.2, -0.15) is 0 Å². The molecule has 1 fully saturated rings. The third-order valence-corrected chi connectivity index (χ3v) is 6.24. The Kier molecular flexibility index (Phi) is 9.31. The molecule has 2 heterocycles. The lowest BCUT2D eigenvalue weighted by atomic mass is 10.2. The molecule has 0 unspecified atom stereocenters. The molecular formula is C27H31ClN6O3. The molecule has 1 aromatic heterocycles. The second-order valence-electron chi connectivity index (χ2n) is 8.76. The maximum absolute atomic E-state index is 13.2. The quantitative estimate of drug-likeness (QED) is 0.361. The lowest BCUT2D eigenvalue weighted by molar-refractivity contribution is 0.0365. The topological polar surface area (TPSA) is 113 Å². The Hall–Kier alpha value is -3.66. The van der Waals surface area contributed by atoms with Gasteiger partial charge in [-0.3, -0.25) is 14.7 Å². The smallest absolute Gasteiger partial charge is 0.322 e. The van der Waals surface area contributed by atoms with Gasteiger partial charge in [0.2, 0.25) is 0 Å². The summed E-state index contributed by atoms with van der Waals surface area (Å²) in [5.74, 6) is -0.356. The number of anilines is 3. The highest BCUT2D eigenvalue weighted by atomic mass is 35.5. The van der Waals surface area contributed by atoms with Crippen LogP contribution in [0.25, 0.3) is 0 Å². The number of morpholine rings is 1. The van der Waals surface area contributed by atoms with Gasteiger partial charge in [0.15, 0.2) is 0 Å². The number of rotatable bonds is 9. The summed E-state index contributed by atoms with van der Waals surface area (Å²) in [5.41, 5.74) is 8.61. The number of ether oxygens (including phenoxy) is 1. The van der Waals surface area contributed by atoms with Crippen molar-refractivity contribution in [2.45, 2.75) is 13.0 Å². The number of carbonyl (C=O) groups is 2. The van der Waals surface area contributed by atoms with Crippen LogP contribution in [0.2, 0.25) is 5.02 Å². The van der Waals surface area contributed by atoms with Gasteiger partial charge in [0.25, 0.3) is 5.91 Å². The Morgan fingerprint density at radius 3 is 2.59 bits per heavy atom. The van der Waals surface area contributed by atoms with Crippen LogP contribution in [0.15, 0.2) is 66.9 Å². The van der Waals surface area contributed by atoms with E-state index in [1.165, 1.54) is 0 Å². The van der Waals surface area contributed by atoms with Crippen LogP contribution < -0.4 is 16.4 Å². The minimum atomic E-state index is -0.356. The molecule has 0 saturated carbocycles. The Morgan fingerprint density at radius 1 is 1.05 bits per heavy atom. The second-order valence-corrected chi connectivity index (χ2v) is 9.20. The molecule has 0 atom stereocenters. The van der Waals surface area contributed by atoms with Crippen LogP contribution in [0, 0.1) is 0 Å². The van der Waals surface area contributed by atoms with Crippen molar-refractivity contribution in [1.82, 2.24) is 14.8 Å². The van der Waals surface area contributed by atoms with E-state index in [2.05, 4.69) is 20.5 Å². The Labute approximate surface area is 221 Å². The van der Waals surface area contributed by atoms with Crippen molar-refractivity contribution in [2.75, 3.05) is 55.8 Å². The first kappa shape index (κ1) is 26.4. The van der Waals surface area contributed by atoms with Crippen LogP contribution in [0.3, 0.4) is 0 Å². The second kappa shape index (κ2) is 13.0. The van der Waals surface area contributed by atoms with Gasteiger partial charge in [0.1, 0.15) is 5.69 Å². The standard InChI is InChI=1S/C27H31ClN6O3/c28-21-5-3-6-22(17-21)31-27(36)34(12-4-11-33-13-15-37-16-14-33)19-20-9-10-25(30-18-20)26(35)32-24-8-2-1-7-23(24)29/h1-3,5-10,17-18H,4,11-16,19,29H2,(H,31,36)(H,32,35). The number of nitrogens with two attached hydrogens (primary N) is 1. The van der Waals surface area contributed by atoms with Crippen molar-refractivity contribution < 1.29 is 14.3 Å². The molecule has 0 radical (unpaired) electrons. The molecule has 4 rings (SSSR count). The average molecular weight is 523 g/mol. The van der Waals surface area contributed by atoms with E-state index >= 15 is 0 Å². The van der Waals surface area contributed by atoms with Gasteiger partial charge in [0.05, 0.1) is 24.6 Å². The molecule has 10 heteroatoms. The fraction of sp³-hybridized carbons (Fsp3) is 0.296. The third kappa shape index (κ3) is 7.91. The van der Waals surface area contributed by atoms with Crippen molar-refractivity contribution in [2.24, 2.45) is 0 Å². The molecule has 2 aromatic carbocycles. The van der Waals surface area contributed by atoms with Crippen LogP contribution in [0.4, 0.5) is 21.9 Å². The van der Waals surface area contributed by atoms with Crippen LogP contribution >= 0.6 is 11.6 Å². The van der Waals surface area contributed by atoms with Gasteiger partial charge in [-0.05, 0) is 48.4 Å². The lowest BCUT2D eigenvalue weighted by Crippen LogP contribution is -2.40. The zero-order chi connectivity index (χ0) is 26.0. The summed E-state index contributed by atoms with van der Waals surface area (Å²) < 4.78 is 5.42. The molecule has 1 aliphatic rings. The number of amides is 3. The molecule has 3 amide bonds. The zero-order valence-electron chi connectivity index (χ0n) is 20.5. The SMILES string of the molecule is Nc1ccccc1NC(=O)c1ccc(CN(CCCN2CCOCC2)C(=O)Nc2cccc(Cl)c2)cn1. The highest BCUT2D eigenvalue weighted by Gasteiger charge is 2.17. The van der Waals surface area contributed by atoms with Crippen molar-refractivity contribution >= 4 is 40.6 Å². The predicted molar refractivity (Wildman–Crippen MR) is 146 cm³/mol. The highest BCUT2D eigenvalue weighted by molar-refractivity contribution is 6.30. The number of nitrogens with zero attached hydrogens (tertiary/aromatic N) is 3. The lowest BCUT2D eigenvalue weighted by Gasteiger charge is -2.28. The number of pyridine rings is 1. The number of benzene rings is 2. The summed E-state index contributed by atoms with van der Waals surface area (Å²) in [7, 11) is 0. The minimum absolute atomic E-state index is 0.231. The number of nitrogens with one attached hydrogen (secondary N) is 2. The van der Waals surface area contributed by atoms with Crippen LogP contribution in [0.5, 0.6) is 0 Å². The number of carbonyl (C=O) groups excluding carboxylic acids is 2. The van der Waals surface area contributed by atoms with E-state index in [0.717, 1.165) is 44.8 Å². The maximum atomic E-state index is 13.2. The summed E-state index contributed by atoms with van der Waals surface area (Å²) in [4.78, 5) is 34.2.